The number of benzene rings is 2. The summed E-state index contributed by atoms with van der Waals surface area (Å²) in [5, 5.41) is 4.99. The van der Waals surface area contributed by atoms with Crippen LogP contribution in [0, 0.1) is 0 Å². The van der Waals surface area contributed by atoms with Crippen molar-refractivity contribution in [3.63, 3.8) is 0 Å². The summed E-state index contributed by atoms with van der Waals surface area (Å²) in [6.45, 7) is 0.921. The molecular formula is C19H18ClF3N3O2+. The second kappa shape index (κ2) is 8.20. The first-order valence-corrected chi connectivity index (χ1v) is 8.97. The highest BCUT2D eigenvalue weighted by molar-refractivity contribution is 6.30. The summed E-state index contributed by atoms with van der Waals surface area (Å²) in [7, 11) is 0. The summed E-state index contributed by atoms with van der Waals surface area (Å²) in [6, 6.07) is 11.0. The zero-order chi connectivity index (χ0) is 20.3. The van der Waals surface area contributed by atoms with E-state index in [9.17, 15) is 22.8 Å². The van der Waals surface area contributed by atoms with Gasteiger partial charge >= 0.3 is 6.18 Å². The van der Waals surface area contributed by atoms with Crippen molar-refractivity contribution in [2.24, 2.45) is 0 Å². The van der Waals surface area contributed by atoms with Crippen molar-refractivity contribution < 1.29 is 27.7 Å². The molecule has 1 aliphatic heterocycles. The van der Waals surface area contributed by atoms with Gasteiger partial charge in [0.05, 0.1) is 24.3 Å². The van der Waals surface area contributed by atoms with Crippen LogP contribution in [0.2, 0.25) is 5.02 Å². The fraction of sp³-hybridized carbons (Fsp3) is 0.263. The molecule has 0 bridgehead atoms. The molecule has 2 aromatic carbocycles. The highest BCUT2D eigenvalue weighted by Crippen LogP contribution is 2.36. The van der Waals surface area contributed by atoms with Crippen molar-refractivity contribution in [1.82, 2.24) is 5.32 Å². The number of nitrogens with one attached hydrogen (secondary N) is 3. The van der Waals surface area contributed by atoms with Gasteiger partial charge in [0.2, 0.25) is 0 Å². The highest BCUT2D eigenvalue weighted by atomic mass is 35.5. The van der Waals surface area contributed by atoms with Crippen LogP contribution in [0.15, 0.2) is 48.5 Å². The van der Waals surface area contributed by atoms with Gasteiger partial charge in [-0.15, -0.1) is 0 Å². The third-order valence-electron chi connectivity index (χ3n) is 4.50. The van der Waals surface area contributed by atoms with Gasteiger partial charge in [0.15, 0.2) is 12.6 Å². The Morgan fingerprint density at radius 3 is 2.54 bits per heavy atom. The Morgan fingerprint density at radius 2 is 1.89 bits per heavy atom. The minimum Gasteiger partial charge on any atom is -0.346 e. The fourth-order valence-electron chi connectivity index (χ4n) is 3.25. The van der Waals surface area contributed by atoms with Gasteiger partial charge in [-0.05, 0) is 18.2 Å². The summed E-state index contributed by atoms with van der Waals surface area (Å²) >= 11 is 5.69. The van der Waals surface area contributed by atoms with E-state index in [4.69, 9.17) is 11.6 Å². The van der Waals surface area contributed by atoms with Crippen LogP contribution in [0.4, 0.5) is 18.9 Å². The van der Waals surface area contributed by atoms with Gasteiger partial charge < -0.3 is 15.5 Å². The maximum atomic E-state index is 13.3. The lowest BCUT2D eigenvalue weighted by Gasteiger charge is -2.30. The molecule has 1 unspecified atom stereocenters. The summed E-state index contributed by atoms with van der Waals surface area (Å²) in [4.78, 5) is 25.5. The quantitative estimate of drug-likeness (QED) is 0.720. The molecule has 0 spiro atoms. The molecular weight excluding hydrogens is 395 g/mol. The molecule has 0 aliphatic carbocycles. The molecule has 0 radical (unpaired) electrons. The van der Waals surface area contributed by atoms with Gasteiger partial charge in [0.25, 0.3) is 11.8 Å². The maximum Gasteiger partial charge on any atom is 0.418 e. The monoisotopic (exact) mass is 412 g/mol. The molecule has 0 aromatic heterocycles. The van der Waals surface area contributed by atoms with Crippen molar-refractivity contribution in [2.75, 3.05) is 25.0 Å². The number of quaternary nitrogens is 1. The summed E-state index contributed by atoms with van der Waals surface area (Å²) in [5.41, 5.74) is -0.775. The van der Waals surface area contributed by atoms with E-state index in [1.807, 2.05) is 0 Å². The second-order valence-corrected chi connectivity index (χ2v) is 6.89. The fourth-order valence-corrected chi connectivity index (χ4v) is 3.42. The lowest BCUT2D eigenvalue weighted by molar-refractivity contribution is -0.915. The van der Waals surface area contributed by atoms with E-state index in [0.29, 0.717) is 23.6 Å². The Bertz CT molecular complexity index is 874. The molecule has 9 heteroatoms. The normalized spacial score (nSPS) is 18.3. The Balaban J connectivity index is 1.94. The summed E-state index contributed by atoms with van der Waals surface area (Å²) in [5.74, 6) is -0.832. The van der Waals surface area contributed by atoms with Gasteiger partial charge in [-0.1, -0.05) is 41.9 Å². The second-order valence-electron chi connectivity index (χ2n) is 6.46. The number of amides is 2. The Kier molecular flexibility index (Phi) is 5.90. The molecule has 1 fully saturated rings. The highest BCUT2D eigenvalue weighted by Gasteiger charge is 2.38. The van der Waals surface area contributed by atoms with Gasteiger partial charge in [-0.25, -0.2) is 0 Å². The van der Waals surface area contributed by atoms with E-state index in [1.54, 1.807) is 30.3 Å². The molecule has 2 amide bonds. The standard InChI is InChI=1S/C19H17ClF3N3O2/c20-13-6-7-15(14(10-13)19(21,22)23)25-18(28)17(12-4-2-1-3-5-12)26-9-8-24-16(27)11-26/h1-7,10,17H,8-9,11H2,(H,24,27)(H,25,28)/p+1/t17-/m0/s1. The molecule has 28 heavy (non-hydrogen) atoms. The largest absolute Gasteiger partial charge is 0.418 e. The Labute approximate surface area is 164 Å². The number of carbonyl (C=O) groups excluding carboxylic acids is 2. The first-order valence-electron chi connectivity index (χ1n) is 8.59. The number of alkyl halides is 3. The predicted molar refractivity (Wildman–Crippen MR) is 98.0 cm³/mol. The molecule has 2 atom stereocenters. The minimum absolute atomic E-state index is 0.0553. The molecule has 1 aliphatic rings. The molecule has 3 N–H and O–H groups in total. The van der Waals surface area contributed by atoms with Crippen molar-refractivity contribution in [3.8, 4) is 0 Å². The van der Waals surface area contributed by atoms with Crippen LogP contribution in [0.1, 0.15) is 17.2 Å². The Morgan fingerprint density at radius 1 is 1.18 bits per heavy atom. The molecule has 2 aromatic rings. The topological polar surface area (TPSA) is 62.6 Å². The number of rotatable bonds is 4. The number of halogens is 4. The molecule has 1 saturated heterocycles. The van der Waals surface area contributed by atoms with Crippen molar-refractivity contribution in [2.45, 2.75) is 12.2 Å². The average molecular weight is 413 g/mol. The predicted octanol–water partition coefficient (Wildman–Crippen LogP) is 2.05. The number of hydrogen-bond donors (Lipinski definition) is 3. The zero-order valence-corrected chi connectivity index (χ0v) is 15.4. The number of hydrogen-bond acceptors (Lipinski definition) is 2. The van der Waals surface area contributed by atoms with E-state index < -0.39 is 23.7 Å². The maximum absolute atomic E-state index is 13.3. The van der Waals surface area contributed by atoms with Crippen LogP contribution in [-0.2, 0) is 15.8 Å². The smallest absolute Gasteiger partial charge is 0.346 e. The zero-order valence-electron chi connectivity index (χ0n) is 14.6. The lowest BCUT2D eigenvalue weighted by atomic mass is 10.0. The van der Waals surface area contributed by atoms with Crippen LogP contribution >= 0.6 is 11.6 Å². The van der Waals surface area contributed by atoms with Gasteiger partial charge in [0.1, 0.15) is 0 Å². The van der Waals surface area contributed by atoms with Crippen molar-refractivity contribution in [1.29, 1.82) is 0 Å². The third kappa shape index (κ3) is 4.63. The first kappa shape index (κ1) is 20.2. The van der Waals surface area contributed by atoms with Crippen LogP contribution in [0.3, 0.4) is 0 Å². The SMILES string of the molecule is O=C1C[NH+]([C@H](C(=O)Nc2ccc(Cl)cc2C(F)(F)F)c2ccccc2)CCN1. The van der Waals surface area contributed by atoms with E-state index >= 15 is 0 Å². The van der Waals surface area contributed by atoms with Gasteiger partial charge in [-0.3, -0.25) is 9.59 Å². The molecule has 0 saturated carbocycles. The molecule has 5 nitrogen and oxygen atoms in total. The third-order valence-corrected chi connectivity index (χ3v) is 4.74. The number of carbonyl (C=O) groups is 2. The average Bonchev–Trinajstić information content (AvgIpc) is 2.63. The van der Waals surface area contributed by atoms with Crippen molar-refractivity contribution in [3.05, 3.63) is 64.7 Å². The minimum atomic E-state index is -4.67. The van der Waals surface area contributed by atoms with Crippen molar-refractivity contribution >= 4 is 29.1 Å². The Hall–Kier alpha value is -2.58. The molecule has 1 heterocycles. The van der Waals surface area contributed by atoms with E-state index in [0.717, 1.165) is 12.1 Å². The number of anilines is 1. The summed E-state index contributed by atoms with van der Waals surface area (Å²) in [6.07, 6.45) is -4.67. The van der Waals surface area contributed by atoms with E-state index in [2.05, 4.69) is 10.6 Å². The molecule has 148 valence electrons. The summed E-state index contributed by atoms with van der Waals surface area (Å²) < 4.78 is 40.0. The number of piperazine rings is 1. The van der Waals surface area contributed by atoms with E-state index in [1.165, 1.54) is 6.07 Å². The molecule has 3 rings (SSSR count). The van der Waals surface area contributed by atoms with Gasteiger partial charge in [-0.2, -0.15) is 13.2 Å². The van der Waals surface area contributed by atoms with Gasteiger partial charge in [0, 0.05) is 10.6 Å². The van der Waals surface area contributed by atoms with Crippen LogP contribution in [0.5, 0.6) is 0 Å². The van der Waals surface area contributed by atoms with Crippen LogP contribution in [-0.4, -0.2) is 31.4 Å². The van der Waals surface area contributed by atoms with Crippen LogP contribution < -0.4 is 15.5 Å². The first-order chi connectivity index (χ1) is 13.3. The lowest BCUT2D eigenvalue weighted by Crippen LogP contribution is -3.16. The van der Waals surface area contributed by atoms with E-state index in [-0.39, 0.29) is 23.2 Å². The van der Waals surface area contributed by atoms with Crippen LogP contribution in [0.25, 0.3) is 0 Å².